The van der Waals surface area contributed by atoms with E-state index in [1.54, 1.807) is 31.2 Å². The molecule has 1 heterocycles. The van der Waals surface area contributed by atoms with Gasteiger partial charge in [0.15, 0.2) is 0 Å². The van der Waals surface area contributed by atoms with Crippen LogP contribution in [0.1, 0.15) is 42.0 Å². The van der Waals surface area contributed by atoms with E-state index in [0.717, 1.165) is 4.88 Å². The highest BCUT2D eigenvalue weighted by molar-refractivity contribution is 7.89. The number of nitrogens with one attached hydrogen (secondary N) is 2. The second-order valence-corrected chi connectivity index (χ2v) is 9.79. The number of carbonyl (C=O) groups is 3. The van der Waals surface area contributed by atoms with Crippen LogP contribution < -0.4 is 10.0 Å². The van der Waals surface area contributed by atoms with Crippen molar-refractivity contribution in [3.8, 4) is 0 Å². The Hall–Kier alpha value is -2.56. The van der Waals surface area contributed by atoms with E-state index in [2.05, 4.69) is 10.0 Å². The number of aldehydes is 1. The summed E-state index contributed by atoms with van der Waals surface area (Å²) < 4.78 is 27.4. The van der Waals surface area contributed by atoms with Crippen LogP contribution in [0, 0.1) is 6.92 Å². The van der Waals surface area contributed by atoms with E-state index in [-0.39, 0.29) is 11.4 Å². The number of carboxylic acids is 1. The maximum Gasteiger partial charge on any atom is 0.305 e. The molecule has 1 aromatic carbocycles. The molecule has 2 unspecified atom stereocenters. The number of thiophene rings is 1. The Kier molecular flexibility index (Phi) is 9.35. The van der Waals surface area contributed by atoms with Crippen LogP contribution >= 0.6 is 11.3 Å². The second-order valence-electron chi connectivity index (χ2n) is 7.08. The molecular weight excluding hydrogens is 440 g/mol. The summed E-state index contributed by atoms with van der Waals surface area (Å²) in [5.41, 5.74) is 0.663. The van der Waals surface area contributed by atoms with Crippen molar-refractivity contribution >= 4 is 39.5 Å². The van der Waals surface area contributed by atoms with Gasteiger partial charge >= 0.3 is 5.97 Å². The predicted molar refractivity (Wildman–Crippen MR) is 118 cm³/mol. The minimum Gasteiger partial charge on any atom is -0.481 e. The average Bonchev–Trinajstić information content (AvgIpc) is 3.24. The Bertz CT molecular complexity index is 989. The van der Waals surface area contributed by atoms with E-state index >= 15 is 0 Å². The first-order valence-corrected chi connectivity index (χ1v) is 12.2. The van der Waals surface area contributed by atoms with Crippen molar-refractivity contribution in [1.29, 1.82) is 0 Å². The zero-order valence-corrected chi connectivity index (χ0v) is 18.7. The monoisotopic (exact) mass is 466 g/mol. The molecule has 0 spiro atoms. The van der Waals surface area contributed by atoms with Crippen LogP contribution in [-0.4, -0.2) is 44.3 Å². The zero-order chi connectivity index (χ0) is 22.9. The number of hydrogen-bond donors (Lipinski definition) is 3. The van der Waals surface area contributed by atoms with Crippen LogP contribution in [0.2, 0.25) is 0 Å². The number of aliphatic carboxylic acids is 1. The Balaban J connectivity index is 1.91. The summed E-state index contributed by atoms with van der Waals surface area (Å²) in [6, 6.07) is 9.26. The molecule has 2 atom stereocenters. The second kappa shape index (κ2) is 11.7. The fraction of sp³-hybridized carbons (Fsp3) is 0.381. The van der Waals surface area contributed by atoms with Crippen LogP contribution in [0.3, 0.4) is 0 Å². The summed E-state index contributed by atoms with van der Waals surface area (Å²) in [6.07, 6.45) is 1.46. The van der Waals surface area contributed by atoms with Gasteiger partial charge in [0.1, 0.15) is 6.29 Å². The molecule has 0 saturated carbocycles. The van der Waals surface area contributed by atoms with Crippen molar-refractivity contribution in [2.24, 2.45) is 0 Å². The maximum absolute atomic E-state index is 12.7. The molecule has 31 heavy (non-hydrogen) atoms. The lowest BCUT2D eigenvalue weighted by Gasteiger charge is -2.18. The normalized spacial score (nSPS) is 13.3. The third-order valence-corrected chi connectivity index (χ3v) is 7.29. The van der Waals surface area contributed by atoms with Gasteiger partial charge in [-0.25, -0.2) is 13.1 Å². The molecule has 0 saturated heterocycles. The summed E-state index contributed by atoms with van der Waals surface area (Å²) in [5, 5.41) is 13.2. The third kappa shape index (κ3) is 7.57. The SMILES string of the molecule is Cc1ccccc1S(=O)(=O)NCCCCC(C(=O)NC(C=O)CC(=O)O)c1cccs1. The van der Waals surface area contributed by atoms with Crippen LogP contribution in [0.15, 0.2) is 46.7 Å². The van der Waals surface area contributed by atoms with Gasteiger partial charge < -0.3 is 15.2 Å². The summed E-state index contributed by atoms with van der Waals surface area (Å²) in [7, 11) is -3.60. The molecule has 0 radical (unpaired) electrons. The van der Waals surface area contributed by atoms with E-state index in [9.17, 15) is 22.8 Å². The highest BCUT2D eigenvalue weighted by Gasteiger charge is 2.25. The Morgan fingerprint density at radius 3 is 2.52 bits per heavy atom. The number of carbonyl (C=O) groups excluding carboxylic acids is 2. The molecule has 1 amide bonds. The molecule has 168 valence electrons. The number of unbranched alkanes of at least 4 members (excludes halogenated alkanes) is 1. The smallest absolute Gasteiger partial charge is 0.305 e. The van der Waals surface area contributed by atoms with Gasteiger partial charge in [-0.2, -0.15) is 0 Å². The number of amides is 1. The molecule has 8 nitrogen and oxygen atoms in total. The first-order valence-electron chi connectivity index (χ1n) is 9.80. The quantitative estimate of drug-likeness (QED) is 0.307. The molecule has 10 heteroatoms. The van der Waals surface area contributed by atoms with Gasteiger partial charge in [-0.3, -0.25) is 9.59 Å². The topological polar surface area (TPSA) is 130 Å². The number of benzene rings is 1. The lowest BCUT2D eigenvalue weighted by Crippen LogP contribution is -2.40. The molecule has 2 rings (SSSR count). The highest BCUT2D eigenvalue weighted by atomic mass is 32.2. The summed E-state index contributed by atoms with van der Waals surface area (Å²) in [5.74, 6) is -2.13. The molecule has 0 bridgehead atoms. The van der Waals surface area contributed by atoms with Crippen LogP contribution in [0.25, 0.3) is 0 Å². The maximum atomic E-state index is 12.7. The standard InChI is InChI=1S/C21H26N2O6S2/c1-15-7-2-3-10-19(15)31(28,29)22-11-5-4-8-17(18-9-6-12-30-18)21(27)23-16(14-24)13-20(25)26/h2-3,6-7,9-10,12,14,16-17,22H,4-5,8,11,13H2,1H3,(H,23,27)(H,25,26). The fourth-order valence-corrected chi connectivity index (χ4v) is 5.29. The molecule has 1 aromatic heterocycles. The lowest BCUT2D eigenvalue weighted by molar-refractivity contribution is -0.138. The van der Waals surface area contributed by atoms with Gasteiger partial charge in [-0.1, -0.05) is 30.7 Å². The predicted octanol–water partition coefficient (Wildman–Crippen LogP) is 2.45. The number of sulfonamides is 1. The number of aryl methyl sites for hydroxylation is 1. The molecule has 0 aliphatic carbocycles. The molecule has 3 N–H and O–H groups in total. The van der Waals surface area contributed by atoms with Crippen molar-refractivity contribution in [2.75, 3.05) is 6.54 Å². The van der Waals surface area contributed by atoms with E-state index in [0.29, 0.717) is 31.1 Å². The number of carboxylic acid groups (broad SMARTS) is 1. The van der Waals surface area contributed by atoms with Crippen molar-refractivity contribution in [2.45, 2.75) is 49.5 Å². The van der Waals surface area contributed by atoms with E-state index < -0.39 is 40.3 Å². The fourth-order valence-electron chi connectivity index (χ4n) is 3.11. The largest absolute Gasteiger partial charge is 0.481 e. The lowest BCUT2D eigenvalue weighted by atomic mass is 9.98. The summed E-state index contributed by atoms with van der Waals surface area (Å²) >= 11 is 1.40. The van der Waals surface area contributed by atoms with Crippen LogP contribution in [0.5, 0.6) is 0 Å². The molecule has 0 aliphatic heterocycles. The third-order valence-electron chi connectivity index (χ3n) is 4.68. The van der Waals surface area contributed by atoms with E-state index in [1.165, 1.54) is 11.3 Å². The zero-order valence-electron chi connectivity index (χ0n) is 17.1. The van der Waals surface area contributed by atoms with Crippen LogP contribution in [-0.2, 0) is 24.4 Å². The van der Waals surface area contributed by atoms with Gasteiger partial charge in [0.2, 0.25) is 15.9 Å². The van der Waals surface area contributed by atoms with Gasteiger partial charge in [0, 0.05) is 11.4 Å². The van der Waals surface area contributed by atoms with E-state index in [1.807, 2.05) is 17.5 Å². The van der Waals surface area contributed by atoms with Crippen molar-refractivity contribution < 1.29 is 27.9 Å². The van der Waals surface area contributed by atoms with Gasteiger partial charge in [-0.05, 0) is 42.8 Å². The number of hydrogen-bond acceptors (Lipinski definition) is 6. The van der Waals surface area contributed by atoms with Gasteiger partial charge in [-0.15, -0.1) is 11.3 Å². The molecule has 0 aliphatic rings. The molecule has 2 aromatic rings. The van der Waals surface area contributed by atoms with Crippen molar-refractivity contribution in [3.63, 3.8) is 0 Å². The summed E-state index contributed by atoms with van der Waals surface area (Å²) in [6.45, 7) is 1.96. The Morgan fingerprint density at radius 2 is 1.90 bits per heavy atom. The van der Waals surface area contributed by atoms with Crippen molar-refractivity contribution in [3.05, 3.63) is 52.2 Å². The van der Waals surface area contributed by atoms with Gasteiger partial charge in [0.25, 0.3) is 0 Å². The minimum absolute atomic E-state index is 0.228. The Labute approximate surface area is 185 Å². The van der Waals surface area contributed by atoms with Crippen molar-refractivity contribution in [1.82, 2.24) is 10.0 Å². The highest BCUT2D eigenvalue weighted by Crippen LogP contribution is 2.27. The first-order chi connectivity index (χ1) is 14.7. The summed E-state index contributed by atoms with van der Waals surface area (Å²) in [4.78, 5) is 35.6. The number of rotatable bonds is 13. The van der Waals surface area contributed by atoms with E-state index in [4.69, 9.17) is 5.11 Å². The van der Waals surface area contributed by atoms with Crippen LogP contribution in [0.4, 0.5) is 0 Å². The Morgan fingerprint density at radius 1 is 1.16 bits per heavy atom. The van der Waals surface area contributed by atoms with Gasteiger partial charge in [0.05, 0.1) is 23.3 Å². The molecular formula is C21H26N2O6S2. The average molecular weight is 467 g/mol. The first kappa shape index (κ1) is 24.7. The minimum atomic E-state index is -3.60. The molecule has 0 fully saturated rings.